The highest BCUT2D eigenvalue weighted by Crippen LogP contribution is 2.27. The summed E-state index contributed by atoms with van der Waals surface area (Å²) < 4.78 is 15.0. The van der Waals surface area contributed by atoms with E-state index in [0.717, 1.165) is 46.8 Å². The van der Waals surface area contributed by atoms with Crippen LogP contribution in [0.4, 0.5) is 15.8 Å². The zero-order valence-electron chi connectivity index (χ0n) is 19.3. The molecule has 1 aliphatic rings. The van der Waals surface area contributed by atoms with E-state index in [9.17, 15) is 4.39 Å². The molecule has 3 aromatic heterocycles. The number of anilines is 2. The van der Waals surface area contributed by atoms with Crippen molar-refractivity contribution in [2.75, 3.05) is 30.4 Å². The Morgan fingerprint density at radius 2 is 1.82 bits per heavy atom. The molecule has 1 aromatic carbocycles. The molecular formula is C24H29FN8. The number of imidazole rings is 1. The van der Waals surface area contributed by atoms with Crippen molar-refractivity contribution >= 4 is 34.3 Å². The lowest BCUT2D eigenvalue weighted by Gasteiger charge is -2.37. The van der Waals surface area contributed by atoms with Gasteiger partial charge in [0.1, 0.15) is 5.52 Å². The summed E-state index contributed by atoms with van der Waals surface area (Å²) >= 11 is 0. The molecule has 4 aromatic rings. The van der Waals surface area contributed by atoms with Crippen LogP contribution in [0.15, 0.2) is 43.0 Å². The highest BCUT2D eigenvalue weighted by Gasteiger charge is 2.23. The monoisotopic (exact) mass is 448 g/mol. The Morgan fingerprint density at radius 3 is 2.48 bits per heavy atom. The number of fused-ring (bicyclic) bond motifs is 2. The molecule has 5 rings (SSSR count). The van der Waals surface area contributed by atoms with Crippen molar-refractivity contribution in [1.82, 2.24) is 24.7 Å². The summed E-state index contributed by atoms with van der Waals surface area (Å²) in [7, 11) is 1.75. The number of halogens is 1. The maximum absolute atomic E-state index is 13.3. The molecule has 0 amide bonds. The molecule has 2 unspecified atom stereocenters. The van der Waals surface area contributed by atoms with E-state index in [0.29, 0.717) is 17.7 Å². The quantitative estimate of drug-likeness (QED) is 0.414. The first-order valence-electron chi connectivity index (χ1n) is 11.0. The van der Waals surface area contributed by atoms with Crippen LogP contribution in [0.2, 0.25) is 0 Å². The molecule has 0 spiro atoms. The Balaban J connectivity index is 0.000000172. The third kappa shape index (κ3) is 4.78. The average molecular weight is 449 g/mol. The second-order valence-corrected chi connectivity index (χ2v) is 8.39. The minimum atomic E-state index is -0.306. The van der Waals surface area contributed by atoms with Crippen LogP contribution in [-0.2, 0) is 0 Å². The summed E-state index contributed by atoms with van der Waals surface area (Å²) in [5.74, 6) is -0.306. The molecule has 1 aliphatic heterocycles. The third-order valence-electron chi connectivity index (χ3n) is 5.60. The molecule has 33 heavy (non-hydrogen) atoms. The number of aryl methyl sites for hydroxylation is 1. The maximum atomic E-state index is 13.3. The maximum Gasteiger partial charge on any atom is 0.173 e. The molecule has 9 heteroatoms. The van der Waals surface area contributed by atoms with Gasteiger partial charge in [-0.1, -0.05) is 0 Å². The fraction of sp³-hybridized carbons (Fsp3) is 0.333. The lowest BCUT2D eigenvalue weighted by atomic mass is 10.1. The normalized spacial score (nSPS) is 18.2. The molecule has 0 aliphatic carbocycles. The van der Waals surface area contributed by atoms with Crippen molar-refractivity contribution < 1.29 is 4.39 Å². The summed E-state index contributed by atoms with van der Waals surface area (Å²) in [5.41, 5.74) is 5.53. The Bertz CT molecular complexity index is 1270. The highest BCUT2D eigenvalue weighted by atomic mass is 19.1. The summed E-state index contributed by atoms with van der Waals surface area (Å²) in [6.07, 6.45) is 8.33. The van der Waals surface area contributed by atoms with Crippen molar-refractivity contribution in [3.8, 4) is 0 Å². The molecule has 2 atom stereocenters. The SMILES string of the molecule is CC1CN(c2ccc(C=N)c3nccnc23)CC(C)N1.CNc1cc(F)c2nc(C)cn2c1. The van der Waals surface area contributed by atoms with Gasteiger partial charge >= 0.3 is 0 Å². The number of hydrogen-bond acceptors (Lipinski definition) is 7. The van der Waals surface area contributed by atoms with Crippen LogP contribution in [0, 0.1) is 18.2 Å². The minimum Gasteiger partial charge on any atom is -0.387 e. The number of pyridine rings is 1. The van der Waals surface area contributed by atoms with Crippen LogP contribution in [-0.4, -0.2) is 57.8 Å². The van der Waals surface area contributed by atoms with E-state index >= 15 is 0 Å². The number of piperazine rings is 1. The largest absolute Gasteiger partial charge is 0.387 e. The predicted molar refractivity (Wildman–Crippen MR) is 131 cm³/mol. The van der Waals surface area contributed by atoms with Crippen molar-refractivity contribution in [1.29, 1.82) is 5.41 Å². The van der Waals surface area contributed by atoms with Crippen LogP contribution in [0.5, 0.6) is 0 Å². The van der Waals surface area contributed by atoms with E-state index in [-0.39, 0.29) is 5.82 Å². The van der Waals surface area contributed by atoms with Crippen LogP contribution < -0.4 is 15.5 Å². The lowest BCUT2D eigenvalue weighted by Crippen LogP contribution is -2.54. The van der Waals surface area contributed by atoms with Gasteiger partial charge in [0.05, 0.1) is 22.6 Å². The zero-order chi connectivity index (χ0) is 23.5. The van der Waals surface area contributed by atoms with Gasteiger partial charge in [-0.15, -0.1) is 0 Å². The first kappa shape index (κ1) is 22.6. The smallest absolute Gasteiger partial charge is 0.173 e. The van der Waals surface area contributed by atoms with E-state index in [4.69, 9.17) is 5.41 Å². The zero-order valence-corrected chi connectivity index (χ0v) is 19.3. The summed E-state index contributed by atoms with van der Waals surface area (Å²) in [6, 6.07) is 6.35. The van der Waals surface area contributed by atoms with Crippen molar-refractivity contribution in [2.24, 2.45) is 0 Å². The van der Waals surface area contributed by atoms with Gasteiger partial charge in [0.15, 0.2) is 11.5 Å². The first-order valence-corrected chi connectivity index (χ1v) is 11.0. The Kier molecular flexibility index (Phi) is 6.50. The summed E-state index contributed by atoms with van der Waals surface area (Å²) in [4.78, 5) is 15.3. The van der Waals surface area contributed by atoms with E-state index in [1.165, 1.54) is 12.3 Å². The molecule has 4 heterocycles. The topological polar surface area (TPSA) is 94.2 Å². The van der Waals surface area contributed by atoms with Crippen LogP contribution >= 0.6 is 0 Å². The van der Waals surface area contributed by atoms with E-state index in [1.807, 2.05) is 13.0 Å². The Morgan fingerprint density at radius 1 is 1.12 bits per heavy atom. The standard InChI is InChI=1S/C15H19N5.C9H10FN3/c1-10-8-20(9-11(2)19-10)13-4-3-12(7-16)14-15(13)18-6-5-17-14;1-6-4-13-5-7(11-2)3-8(10)9(13)12-6/h3-7,10-11,16,19H,8-9H2,1-2H3;3-5,11H,1-2H3. The molecule has 1 fully saturated rings. The number of nitrogens with zero attached hydrogens (tertiary/aromatic N) is 5. The van der Waals surface area contributed by atoms with Crippen LogP contribution in [0.1, 0.15) is 25.1 Å². The summed E-state index contributed by atoms with van der Waals surface area (Å²) in [5, 5.41) is 13.9. The molecule has 0 bridgehead atoms. The average Bonchev–Trinajstić information content (AvgIpc) is 3.19. The van der Waals surface area contributed by atoms with Gasteiger partial charge in [0.25, 0.3) is 0 Å². The second kappa shape index (κ2) is 9.50. The van der Waals surface area contributed by atoms with Crippen molar-refractivity contribution in [3.63, 3.8) is 0 Å². The van der Waals surface area contributed by atoms with Gasteiger partial charge < -0.3 is 25.3 Å². The highest BCUT2D eigenvalue weighted by molar-refractivity contribution is 6.00. The fourth-order valence-corrected chi connectivity index (χ4v) is 4.27. The van der Waals surface area contributed by atoms with Crippen LogP contribution in [0.25, 0.3) is 16.7 Å². The van der Waals surface area contributed by atoms with E-state index in [2.05, 4.69) is 50.4 Å². The van der Waals surface area contributed by atoms with E-state index in [1.54, 1.807) is 36.2 Å². The number of rotatable bonds is 3. The Hall–Kier alpha value is -3.59. The first-order chi connectivity index (χ1) is 15.9. The van der Waals surface area contributed by atoms with E-state index < -0.39 is 0 Å². The number of nitrogens with one attached hydrogen (secondary N) is 3. The molecule has 0 saturated carbocycles. The Labute approximate surface area is 192 Å². The van der Waals surface area contributed by atoms with Gasteiger partial charge in [-0.3, -0.25) is 9.97 Å². The molecular weight excluding hydrogens is 419 g/mol. The minimum absolute atomic E-state index is 0.306. The van der Waals surface area contributed by atoms with Gasteiger partial charge in [-0.25, -0.2) is 9.37 Å². The molecule has 8 nitrogen and oxygen atoms in total. The van der Waals surface area contributed by atoms with Crippen LogP contribution in [0.3, 0.4) is 0 Å². The fourth-order valence-electron chi connectivity index (χ4n) is 4.27. The number of aromatic nitrogens is 4. The number of benzene rings is 1. The van der Waals surface area contributed by atoms with Gasteiger partial charge in [-0.2, -0.15) is 0 Å². The molecule has 0 radical (unpaired) electrons. The molecule has 172 valence electrons. The summed E-state index contributed by atoms with van der Waals surface area (Å²) in [6.45, 7) is 8.15. The predicted octanol–water partition coefficient (Wildman–Crippen LogP) is 3.64. The molecule has 1 saturated heterocycles. The molecule has 3 N–H and O–H groups in total. The second-order valence-electron chi connectivity index (χ2n) is 8.39. The van der Waals surface area contributed by atoms with Gasteiger partial charge in [-0.05, 0) is 32.9 Å². The van der Waals surface area contributed by atoms with Gasteiger partial charge in [0.2, 0.25) is 0 Å². The van der Waals surface area contributed by atoms with Gasteiger partial charge in [0, 0.05) is 74.9 Å². The lowest BCUT2D eigenvalue weighted by molar-refractivity contribution is 0.407. The number of hydrogen-bond donors (Lipinski definition) is 3. The third-order valence-corrected chi connectivity index (χ3v) is 5.60. The van der Waals surface area contributed by atoms with Crippen molar-refractivity contribution in [3.05, 3.63) is 60.1 Å². The van der Waals surface area contributed by atoms with Crippen molar-refractivity contribution in [2.45, 2.75) is 32.9 Å².